The number of aliphatic hydroxyl groups is 1. The SMILES string of the molecule is Cc1nc2cc(Nc3cc(-c4ccccc4)nc(NCCCO)n3)ccc2s1. The molecule has 0 aliphatic rings. The minimum Gasteiger partial charge on any atom is -0.396 e. The summed E-state index contributed by atoms with van der Waals surface area (Å²) in [5.41, 5.74) is 3.75. The van der Waals surface area contributed by atoms with E-state index < -0.39 is 0 Å². The minimum absolute atomic E-state index is 0.129. The fraction of sp³-hybridized carbons (Fsp3) is 0.190. The van der Waals surface area contributed by atoms with E-state index >= 15 is 0 Å². The van der Waals surface area contributed by atoms with Gasteiger partial charge in [0.15, 0.2) is 0 Å². The van der Waals surface area contributed by atoms with Crippen molar-refractivity contribution in [2.75, 3.05) is 23.8 Å². The van der Waals surface area contributed by atoms with Crippen LogP contribution in [0.1, 0.15) is 11.4 Å². The molecule has 142 valence electrons. The quantitative estimate of drug-likeness (QED) is 0.399. The molecule has 0 amide bonds. The van der Waals surface area contributed by atoms with E-state index in [0.717, 1.165) is 27.5 Å². The average Bonchev–Trinajstić information content (AvgIpc) is 3.08. The number of nitrogens with one attached hydrogen (secondary N) is 2. The second-order valence-electron chi connectivity index (χ2n) is 6.37. The number of benzene rings is 2. The zero-order valence-corrected chi connectivity index (χ0v) is 16.3. The number of nitrogens with zero attached hydrogens (tertiary/aromatic N) is 3. The van der Waals surface area contributed by atoms with Gasteiger partial charge >= 0.3 is 0 Å². The third-order valence-electron chi connectivity index (χ3n) is 4.18. The molecule has 0 radical (unpaired) electrons. The van der Waals surface area contributed by atoms with Gasteiger partial charge < -0.3 is 15.7 Å². The van der Waals surface area contributed by atoms with E-state index in [1.165, 1.54) is 4.70 Å². The van der Waals surface area contributed by atoms with E-state index in [1.807, 2.05) is 55.5 Å². The molecule has 0 bridgehead atoms. The molecule has 0 atom stereocenters. The second kappa shape index (κ2) is 8.33. The summed E-state index contributed by atoms with van der Waals surface area (Å²) in [6, 6.07) is 18.1. The van der Waals surface area contributed by atoms with Crippen molar-refractivity contribution in [2.45, 2.75) is 13.3 Å². The van der Waals surface area contributed by atoms with Crippen LogP contribution < -0.4 is 10.6 Å². The summed E-state index contributed by atoms with van der Waals surface area (Å²) in [4.78, 5) is 13.8. The summed E-state index contributed by atoms with van der Waals surface area (Å²) in [5, 5.41) is 16.6. The molecule has 0 spiro atoms. The van der Waals surface area contributed by atoms with Crippen LogP contribution in [0.15, 0.2) is 54.6 Å². The van der Waals surface area contributed by atoms with Gasteiger partial charge in [-0.25, -0.2) is 9.97 Å². The number of fused-ring (bicyclic) bond motifs is 1. The molecule has 0 aliphatic heterocycles. The maximum atomic E-state index is 9.02. The van der Waals surface area contributed by atoms with Crippen LogP contribution >= 0.6 is 11.3 Å². The molecule has 2 heterocycles. The molecule has 2 aromatic carbocycles. The van der Waals surface area contributed by atoms with Gasteiger partial charge in [-0.05, 0) is 31.5 Å². The molecule has 0 saturated carbocycles. The first kappa shape index (κ1) is 18.3. The van der Waals surface area contributed by atoms with Gasteiger partial charge in [-0.15, -0.1) is 11.3 Å². The van der Waals surface area contributed by atoms with Gasteiger partial charge in [0.05, 0.1) is 20.9 Å². The minimum atomic E-state index is 0.129. The fourth-order valence-electron chi connectivity index (χ4n) is 2.89. The van der Waals surface area contributed by atoms with E-state index in [1.54, 1.807) is 11.3 Å². The lowest BCUT2D eigenvalue weighted by Crippen LogP contribution is -2.08. The first-order valence-electron chi connectivity index (χ1n) is 9.15. The molecule has 7 heteroatoms. The smallest absolute Gasteiger partial charge is 0.225 e. The number of aryl methyl sites for hydroxylation is 1. The van der Waals surface area contributed by atoms with Crippen molar-refractivity contribution in [1.82, 2.24) is 15.0 Å². The van der Waals surface area contributed by atoms with Gasteiger partial charge in [0.25, 0.3) is 0 Å². The highest BCUT2D eigenvalue weighted by molar-refractivity contribution is 7.18. The van der Waals surface area contributed by atoms with Gasteiger partial charge in [-0.1, -0.05) is 30.3 Å². The maximum Gasteiger partial charge on any atom is 0.225 e. The predicted molar refractivity (Wildman–Crippen MR) is 115 cm³/mol. The molecule has 0 saturated heterocycles. The number of rotatable bonds is 7. The van der Waals surface area contributed by atoms with E-state index in [4.69, 9.17) is 5.11 Å². The monoisotopic (exact) mass is 391 g/mol. The Morgan fingerprint density at radius 2 is 1.86 bits per heavy atom. The van der Waals surface area contributed by atoms with Crippen LogP contribution in [-0.4, -0.2) is 33.2 Å². The molecule has 4 rings (SSSR count). The number of anilines is 3. The van der Waals surface area contributed by atoms with Crippen LogP contribution in [-0.2, 0) is 0 Å². The topological polar surface area (TPSA) is 83.0 Å². The van der Waals surface area contributed by atoms with Crippen molar-refractivity contribution in [3.63, 3.8) is 0 Å². The molecular weight excluding hydrogens is 370 g/mol. The summed E-state index contributed by atoms with van der Waals surface area (Å²) in [6.07, 6.45) is 0.640. The first-order valence-corrected chi connectivity index (χ1v) is 9.96. The second-order valence-corrected chi connectivity index (χ2v) is 7.61. The Balaban J connectivity index is 1.66. The Kier molecular flexibility index (Phi) is 5.45. The molecule has 3 N–H and O–H groups in total. The molecule has 28 heavy (non-hydrogen) atoms. The molecule has 0 fully saturated rings. The average molecular weight is 392 g/mol. The lowest BCUT2D eigenvalue weighted by molar-refractivity contribution is 0.292. The molecule has 2 aromatic heterocycles. The number of hydrogen-bond acceptors (Lipinski definition) is 7. The van der Waals surface area contributed by atoms with E-state index in [2.05, 4.69) is 31.7 Å². The Labute approximate surface area is 167 Å². The highest BCUT2D eigenvalue weighted by atomic mass is 32.1. The van der Waals surface area contributed by atoms with Gasteiger partial charge in [0.2, 0.25) is 5.95 Å². The molecule has 0 aliphatic carbocycles. The third kappa shape index (κ3) is 4.27. The molecule has 0 unspecified atom stereocenters. The summed E-state index contributed by atoms with van der Waals surface area (Å²) in [7, 11) is 0. The van der Waals surface area contributed by atoms with Gasteiger partial charge in [-0.3, -0.25) is 0 Å². The molecule has 6 nitrogen and oxygen atoms in total. The predicted octanol–water partition coefficient (Wildman–Crippen LogP) is 4.60. The number of aliphatic hydroxyl groups excluding tert-OH is 1. The fourth-order valence-corrected chi connectivity index (χ4v) is 3.70. The molecule has 4 aromatic rings. The number of hydrogen-bond donors (Lipinski definition) is 3. The number of thiazole rings is 1. The lowest BCUT2D eigenvalue weighted by Gasteiger charge is -2.11. The Bertz CT molecular complexity index is 1080. The van der Waals surface area contributed by atoms with Crippen LogP contribution in [0.4, 0.5) is 17.5 Å². The molecular formula is C21H21N5OS. The Hall–Kier alpha value is -3.03. The van der Waals surface area contributed by atoms with Crippen molar-refractivity contribution in [1.29, 1.82) is 0 Å². The van der Waals surface area contributed by atoms with E-state index in [9.17, 15) is 0 Å². The third-order valence-corrected chi connectivity index (χ3v) is 5.13. The van der Waals surface area contributed by atoms with Crippen LogP contribution in [0.5, 0.6) is 0 Å². The first-order chi connectivity index (χ1) is 13.7. The highest BCUT2D eigenvalue weighted by Crippen LogP contribution is 2.27. The Morgan fingerprint density at radius 3 is 2.68 bits per heavy atom. The van der Waals surface area contributed by atoms with E-state index in [0.29, 0.717) is 24.7 Å². The van der Waals surface area contributed by atoms with Crippen LogP contribution in [0.2, 0.25) is 0 Å². The van der Waals surface area contributed by atoms with Crippen LogP contribution in [0, 0.1) is 6.92 Å². The van der Waals surface area contributed by atoms with Gasteiger partial charge in [0.1, 0.15) is 5.82 Å². The summed E-state index contributed by atoms with van der Waals surface area (Å²) >= 11 is 1.69. The van der Waals surface area contributed by atoms with Crippen LogP contribution in [0.25, 0.3) is 21.5 Å². The standard InChI is InChI=1S/C21H21N5OS/c1-14-23-18-12-16(8-9-19(18)28-14)24-20-13-17(15-6-3-2-4-7-15)25-21(26-20)22-10-5-11-27/h2-4,6-9,12-13,27H,5,10-11H2,1H3,(H2,22,24,25,26). The van der Waals surface area contributed by atoms with E-state index in [-0.39, 0.29) is 6.61 Å². The van der Waals surface area contributed by atoms with Gasteiger partial charge in [-0.2, -0.15) is 4.98 Å². The van der Waals surface area contributed by atoms with Crippen molar-refractivity contribution >= 4 is 39.0 Å². The summed E-state index contributed by atoms with van der Waals surface area (Å²) in [5.74, 6) is 1.23. The normalized spacial score (nSPS) is 10.9. The summed E-state index contributed by atoms with van der Waals surface area (Å²) < 4.78 is 1.17. The van der Waals surface area contributed by atoms with Crippen LogP contribution in [0.3, 0.4) is 0 Å². The highest BCUT2D eigenvalue weighted by Gasteiger charge is 2.08. The van der Waals surface area contributed by atoms with Crippen molar-refractivity contribution < 1.29 is 5.11 Å². The van der Waals surface area contributed by atoms with Gasteiger partial charge in [0, 0.05) is 30.5 Å². The zero-order valence-electron chi connectivity index (χ0n) is 15.5. The zero-order chi connectivity index (χ0) is 19.3. The van der Waals surface area contributed by atoms with Crippen molar-refractivity contribution in [2.24, 2.45) is 0 Å². The maximum absolute atomic E-state index is 9.02. The van der Waals surface area contributed by atoms with Crippen molar-refractivity contribution in [3.05, 3.63) is 59.6 Å². The summed E-state index contributed by atoms with van der Waals surface area (Å²) in [6.45, 7) is 2.75. The van der Waals surface area contributed by atoms with Crippen molar-refractivity contribution in [3.8, 4) is 11.3 Å². The largest absolute Gasteiger partial charge is 0.396 e. The lowest BCUT2D eigenvalue weighted by atomic mass is 10.1. The number of aromatic nitrogens is 3. The Morgan fingerprint density at radius 1 is 1.00 bits per heavy atom.